The fourth-order valence-corrected chi connectivity index (χ4v) is 2.79. The van der Waals surface area contributed by atoms with Gasteiger partial charge in [0.2, 0.25) is 0 Å². The highest BCUT2D eigenvalue weighted by atomic mass is 16.1. The smallest absolute Gasteiger partial charge is 0.358 e. The Morgan fingerprint density at radius 1 is 1.10 bits per heavy atom. The summed E-state index contributed by atoms with van der Waals surface area (Å²) in [5.74, 6) is 0.743. The van der Waals surface area contributed by atoms with Gasteiger partial charge >= 0.3 is 17.1 Å². The average molecular weight is 278 g/mol. The Kier molecular flexibility index (Phi) is 2.41. The summed E-state index contributed by atoms with van der Waals surface area (Å²) < 4.78 is 3.62. The third kappa shape index (κ3) is 1.67. The summed E-state index contributed by atoms with van der Waals surface area (Å²) in [6.45, 7) is 0.409. The largest absolute Gasteiger partial charge is 0.393 e. The molecule has 0 radical (unpaired) electrons. The summed E-state index contributed by atoms with van der Waals surface area (Å²) in [5.41, 5.74) is 8.48. The molecule has 0 bridgehead atoms. The zero-order valence-corrected chi connectivity index (χ0v) is 11.3. The van der Waals surface area contributed by atoms with Crippen molar-refractivity contribution in [2.45, 2.75) is 6.54 Å². The summed E-state index contributed by atoms with van der Waals surface area (Å²) in [7, 11) is 0. The van der Waals surface area contributed by atoms with Gasteiger partial charge < -0.3 is 5.73 Å². The lowest BCUT2D eigenvalue weighted by Crippen LogP contribution is -2.38. The number of nitrogens with one attached hydrogen (secondary N) is 1. The molecule has 1 aliphatic heterocycles. The van der Waals surface area contributed by atoms with E-state index in [2.05, 4.69) is 4.98 Å². The number of H-pyrrole nitrogens is 1. The molecule has 102 valence electrons. The molecule has 5 nitrogen and oxygen atoms in total. The molecule has 0 spiro atoms. The standard InChI is InChI=1S/C16H12N4O/c17-12-10-20-15(14(12)19-8-4-1-5-9-19)18-13-7-3-2-6-11(13)16(20)21/h1-9H,10H2,(H-,17,18,21)/p+2. The van der Waals surface area contributed by atoms with Crippen LogP contribution < -0.4 is 20.8 Å². The minimum absolute atomic E-state index is 0.0196. The third-order valence-electron chi connectivity index (χ3n) is 3.76. The van der Waals surface area contributed by atoms with Crippen LogP contribution in [0.5, 0.6) is 0 Å². The van der Waals surface area contributed by atoms with Gasteiger partial charge in [0.05, 0.1) is 0 Å². The van der Waals surface area contributed by atoms with Crippen LogP contribution in [0, 0.1) is 0 Å². The molecule has 0 atom stereocenters. The van der Waals surface area contributed by atoms with Gasteiger partial charge in [0.1, 0.15) is 23.1 Å². The number of hydrogen-bond acceptors (Lipinski definition) is 2. The number of para-hydroxylation sites is 1. The number of pyridine rings is 1. The Bertz CT molecular complexity index is 941. The Morgan fingerprint density at radius 2 is 1.86 bits per heavy atom. The van der Waals surface area contributed by atoms with Gasteiger partial charge in [-0.1, -0.05) is 18.2 Å². The van der Waals surface area contributed by atoms with Gasteiger partial charge in [-0.25, -0.2) is 9.78 Å². The van der Waals surface area contributed by atoms with Crippen molar-refractivity contribution in [2.75, 3.05) is 0 Å². The van der Waals surface area contributed by atoms with Gasteiger partial charge in [-0.3, -0.25) is 0 Å². The van der Waals surface area contributed by atoms with Crippen LogP contribution in [0.3, 0.4) is 0 Å². The molecule has 0 amide bonds. The Labute approximate surface area is 120 Å². The van der Waals surface area contributed by atoms with Crippen molar-refractivity contribution >= 4 is 16.6 Å². The van der Waals surface area contributed by atoms with E-state index in [1.165, 1.54) is 0 Å². The molecule has 0 aliphatic carbocycles. The van der Waals surface area contributed by atoms with E-state index in [1.54, 1.807) is 4.57 Å². The van der Waals surface area contributed by atoms with Gasteiger partial charge in [-0.2, -0.15) is 9.13 Å². The van der Waals surface area contributed by atoms with Crippen molar-refractivity contribution in [1.82, 2.24) is 4.57 Å². The molecule has 0 saturated heterocycles. The number of nitrogens with zero attached hydrogens (tertiary/aromatic N) is 2. The van der Waals surface area contributed by atoms with Gasteiger partial charge in [0.15, 0.2) is 12.4 Å². The predicted molar refractivity (Wildman–Crippen MR) is 77.9 cm³/mol. The third-order valence-corrected chi connectivity index (χ3v) is 3.76. The first-order valence-corrected chi connectivity index (χ1v) is 6.76. The normalized spacial score (nSPS) is 13.7. The molecule has 21 heavy (non-hydrogen) atoms. The first kappa shape index (κ1) is 11.8. The minimum atomic E-state index is -0.0196. The maximum Gasteiger partial charge on any atom is 0.358 e. The minimum Gasteiger partial charge on any atom is -0.393 e. The van der Waals surface area contributed by atoms with E-state index in [9.17, 15) is 4.79 Å². The van der Waals surface area contributed by atoms with E-state index >= 15 is 0 Å². The molecular formula is C16H14N4O+2. The Morgan fingerprint density at radius 3 is 2.67 bits per heavy atom. The molecule has 0 fully saturated rings. The van der Waals surface area contributed by atoms with Crippen molar-refractivity contribution in [3.05, 3.63) is 76.7 Å². The zero-order valence-electron chi connectivity index (χ0n) is 11.3. The quantitative estimate of drug-likeness (QED) is 0.650. The second-order valence-corrected chi connectivity index (χ2v) is 5.07. The molecule has 4 rings (SSSR count). The van der Waals surface area contributed by atoms with E-state index in [4.69, 9.17) is 5.73 Å². The van der Waals surface area contributed by atoms with Crippen LogP contribution in [-0.4, -0.2) is 4.57 Å². The van der Waals surface area contributed by atoms with E-state index in [-0.39, 0.29) is 5.56 Å². The average Bonchev–Trinajstić information content (AvgIpc) is 2.85. The van der Waals surface area contributed by atoms with Crippen LogP contribution in [0.1, 0.15) is 5.82 Å². The molecule has 3 heterocycles. The van der Waals surface area contributed by atoms with Crippen LogP contribution in [0.25, 0.3) is 16.6 Å². The lowest BCUT2D eigenvalue weighted by Gasteiger charge is -1.98. The second kappa shape index (κ2) is 4.28. The fourth-order valence-electron chi connectivity index (χ4n) is 2.79. The topological polar surface area (TPSA) is 66.0 Å². The van der Waals surface area contributed by atoms with Crippen LogP contribution in [0.4, 0.5) is 0 Å². The van der Waals surface area contributed by atoms with Crippen molar-refractivity contribution in [1.29, 1.82) is 0 Å². The summed E-state index contributed by atoms with van der Waals surface area (Å²) in [6, 6.07) is 13.3. The molecule has 2 aromatic heterocycles. The number of aromatic amines is 1. The lowest BCUT2D eigenvalue weighted by molar-refractivity contribution is -0.586. The van der Waals surface area contributed by atoms with Gasteiger partial charge in [-0.15, -0.1) is 0 Å². The van der Waals surface area contributed by atoms with E-state index in [1.807, 2.05) is 59.4 Å². The van der Waals surface area contributed by atoms with Crippen molar-refractivity contribution < 1.29 is 9.55 Å². The van der Waals surface area contributed by atoms with Gasteiger partial charge in [-0.05, 0) is 12.1 Å². The number of allylic oxidation sites excluding steroid dienone is 1. The molecule has 1 aliphatic rings. The number of rotatable bonds is 1. The molecular weight excluding hydrogens is 264 g/mol. The van der Waals surface area contributed by atoms with E-state index < -0.39 is 0 Å². The number of nitrogens with two attached hydrogens (primary N) is 1. The van der Waals surface area contributed by atoms with Gasteiger partial charge in [0, 0.05) is 12.1 Å². The highest BCUT2D eigenvalue weighted by Gasteiger charge is 2.37. The van der Waals surface area contributed by atoms with Crippen LogP contribution >= 0.6 is 0 Å². The maximum atomic E-state index is 12.6. The van der Waals surface area contributed by atoms with E-state index in [0.717, 1.165) is 17.0 Å². The van der Waals surface area contributed by atoms with Gasteiger partial charge in [0.25, 0.3) is 0 Å². The van der Waals surface area contributed by atoms with Crippen molar-refractivity contribution in [3.8, 4) is 0 Å². The predicted octanol–water partition coefficient (Wildman–Crippen LogP) is 0.292. The Hall–Kier alpha value is -2.95. The maximum absolute atomic E-state index is 12.6. The summed E-state index contributed by atoms with van der Waals surface area (Å²) in [6.07, 6.45) is 3.84. The monoisotopic (exact) mass is 278 g/mol. The highest BCUT2D eigenvalue weighted by molar-refractivity contribution is 5.75. The first-order valence-electron chi connectivity index (χ1n) is 6.76. The number of aromatic nitrogens is 3. The molecule has 1 aromatic carbocycles. The molecule has 3 N–H and O–H groups in total. The molecule has 0 saturated carbocycles. The summed E-state index contributed by atoms with van der Waals surface area (Å²) in [4.78, 5) is 15.9. The second-order valence-electron chi connectivity index (χ2n) is 5.07. The van der Waals surface area contributed by atoms with Crippen molar-refractivity contribution in [2.24, 2.45) is 5.73 Å². The molecule has 5 heteroatoms. The highest BCUT2D eigenvalue weighted by Crippen LogP contribution is 2.18. The van der Waals surface area contributed by atoms with Crippen LogP contribution in [0.15, 0.2) is 65.3 Å². The summed E-state index contributed by atoms with van der Waals surface area (Å²) in [5, 5.41) is 0.674. The molecule has 3 aromatic rings. The van der Waals surface area contributed by atoms with Crippen molar-refractivity contribution in [3.63, 3.8) is 0 Å². The number of fused-ring (bicyclic) bond motifs is 2. The lowest BCUT2D eigenvalue weighted by atomic mass is 10.2. The summed E-state index contributed by atoms with van der Waals surface area (Å²) >= 11 is 0. The number of hydrogen-bond donors (Lipinski definition) is 1. The zero-order chi connectivity index (χ0) is 14.4. The fraction of sp³-hybridized carbons (Fsp3) is 0.0625. The SMILES string of the molecule is NC1=C([n+]2ccccc2)c2[nH+]c3ccccc3c(=O)n2C1. The van der Waals surface area contributed by atoms with Crippen LogP contribution in [-0.2, 0) is 6.54 Å². The van der Waals surface area contributed by atoms with E-state index in [0.29, 0.717) is 17.6 Å². The number of benzene rings is 1. The van der Waals surface area contributed by atoms with Crippen LogP contribution in [0.2, 0.25) is 0 Å². The Balaban J connectivity index is 2.04. The molecule has 0 unspecified atom stereocenters. The first-order chi connectivity index (χ1) is 10.3.